The average Bonchev–Trinajstić information content (AvgIpc) is 2.92. The topological polar surface area (TPSA) is 75.6 Å². The number of nitrogens with one attached hydrogen (secondary N) is 1. The van der Waals surface area contributed by atoms with Crippen molar-refractivity contribution in [1.29, 1.82) is 0 Å². The van der Waals surface area contributed by atoms with Crippen LogP contribution in [0.4, 0.5) is 0 Å². The first kappa shape index (κ1) is 15.9. The van der Waals surface area contributed by atoms with Crippen LogP contribution < -0.4 is 5.32 Å². The summed E-state index contributed by atoms with van der Waals surface area (Å²) in [4.78, 5) is 23.8. The Labute approximate surface area is 128 Å². The highest BCUT2D eigenvalue weighted by atomic mass is 32.2. The van der Waals surface area contributed by atoms with Crippen molar-refractivity contribution in [3.05, 3.63) is 29.3 Å². The number of carboxylic acids is 1. The van der Waals surface area contributed by atoms with Gasteiger partial charge in [-0.15, -0.1) is 11.8 Å². The first-order valence-electron chi connectivity index (χ1n) is 6.86. The van der Waals surface area contributed by atoms with E-state index in [-0.39, 0.29) is 18.3 Å². The predicted octanol–water partition coefficient (Wildman–Crippen LogP) is 1.48. The van der Waals surface area contributed by atoms with E-state index in [0.29, 0.717) is 0 Å². The summed E-state index contributed by atoms with van der Waals surface area (Å²) in [6.45, 7) is -0.0371. The molecule has 1 aliphatic rings. The minimum Gasteiger partial charge on any atom is -0.480 e. The lowest BCUT2D eigenvalue weighted by Gasteiger charge is -2.13. The third-order valence-corrected chi connectivity index (χ3v) is 4.40. The molecule has 1 unspecified atom stereocenters. The van der Waals surface area contributed by atoms with Gasteiger partial charge in [0, 0.05) is 12.0 Å². The van der Waals surface area contributed by atoms with E-state index in [2.05, 4.69) is 17.4 Å². The van der Waals surface area contributed by atoms with E-state index in [1.54, 1.807) is 0 Å². The Bertz CT molecular complexity index is 532. The minimum absolute atomic E-state index is 0.0371. The van der Waals surface area contributed by atoms with Crippen LogP contribution in [-0.2, 0) is 27.2 Å². The molecular formula is C15H19NO4S. The molecule has 0 bridgehead atoms. The van der Waals surface area contributed by atoms with E-state index in [9.17, 15) is 9.59 Å². The van der Waals surface area contributed by atoms with E-state index >= 15 is 0 Å². The quantitative estimate of drug-likeness (QED) is 0.746. The molecule has 0 saturated carbocycles. The second-order valence-corrected chi connectivity index (χ2v) is 6.04. The van der Waals surface area contributed by atoms with Crippen LogP contribution in [0.25, 0.3) is 0 Å². The zero-order valence-electron chi connectivity index (χ0n) is 11.9. The third-order valence-electron chi connectivity index (χ3n) is 3.41. The van der Waals surface area contributed by atoms with E-state index < -0.39 is 12.0 Å². The third kappa shape index (κ3) is 4.47. The Kier molecular flexibility index (Phi) is 5.64. The second-order valence-electron chi connectivity index (χ2n) is 4.99. The van der Waals surface area contributed by atoms with E-state index in [0.717, 1.165) is 17.7 Å². The molecule has 5 nitrogen and oxygen atoms in total. The number of rotatable bonds is 7. The highest BCUT2D eigenvalue weighted by Crippen LogP contribution is 2.27. The molecule has 1 aliphatic carbocycles. The standard InChI is InChI=1S/C15H19NO4S/c1-20-8-13(15(18)19)16-14(17)9-21-12-6-5-10-3-2-4-11(10)7-12/h5-7,13H,2-4,8-9H2,1H3,(H,16,17)(H,18,19). The van der Waals surface area contributed by atoms with Crippen LogP contribution in [0.3, 0.4) is 0 Å². The number of carboxylic acid groups (broad SMARTS) is 1. The predicted molar refractivity (Wildman–Crippen MR) is 80.6 cm³/mol. The first-order chi connectivity index (χ1) is 10.1. The zero-order chi connectivity index (χ0) is 15.2. The van der Waals surface area contributed by atoms with Gasteiger partial charge in [-0.25, -0.2) is 4.79 Å². The van der Waals surface area contributed by atoms with Crippen molar-refractivity contribution < 1.29 is 19.4 Å². The summed E-state index contributed by atoms with van der Waals surface area (Å²) in [6.07, 6.45) is 3.43. The molecule has 0 aliphatic heterocycles. The molecule has 1 atom stereocenters. The average molecular weight is 309 g/mol. The fraction of sp³-hybridized carbons (Fsp3) is 0.467. The van der Waals surface area contributed by atoms with Gasteiger partial charge in [-0.1, -0.05) is 6.07 Å². The summed E-state index contributed by atoms with van der Waals surface area (Å²) in [5.41, 5.74) is 2.76. The fourth-order valence-electron chi connectivity index (χ4n) is 2.36. The lowest BCUT2D eigenvalue weighted by atomic mass is 10.1. The second kappa shape index (κ2) is 7.47. The number of ether oxygens (including phenoxy) is 1. The molecule has 0 heterocycles. The molecule has 2 rings (SSSR count). The van der Waals surface area contributed by atoms with Crippen molar-refractivity contribution in [2.24, 2.45) is 0 Å². The molecule has 114 valence electrons. The summed E-state index contributed by atoms with van der Waals surface area (Å²) < 4.78 is 4.78. The van der Waals surface area contributed by atoms with Gasteiger partial charge in [0.2, 0.25) is 5.91 Å². The van der Waals surface area contributed by atoms with Crippen LogP contribution >= 0.6 is 11.8 Å². The molecule has 0 aromatic heterocycles. The fourth-order valence-corrected chi connectivity index (χ4v) is 3.14. The Morgan fingerprint density at radius 3 is 2.86 bits per heavy atom. The van der Waals surface area contributed by atoms with Crippen molar-refractivity contribution in [2.75, 3.05) is 19.5 Å². The van der Waals surface area contributed by atoms with Crippen molar-refractivity contribution in [2.45, 2.75) is 30.2 Å². The molecule has 0 fully saturated rings. The Hall–Kier alpha value is -1.53. The molecule has 1 aromatic rings. The number of thioether (sulfide) groups is 1. The van der Waals surface area contributed by atoms with Gasteiger partial charge in [-0.3, -0.25) is 4.79 Å². The number of hydrogen-bond acceptors (Lipinski definition) is 4. The summed E-state index contributed by atoms with van der Waals surface area (Å²) >= 11 is 1.42. The monoisotopic (exact) mass is 309 g/mol. The van der Waals surface area contributed by atoms with Crippen LogP contribution in [0.2, 0.25) is 0 Å². The van der Waals surface area contributed by atoms with Crippen LogP contribution in [0.15, 0.2) is 23.1 Å². The van der Waals surface area contributed by atoms with Crippen molar-refractivity contribution >= 4 is 23.6 Å². The number of carbonyl (C=O) groups excluding carboxylic acids is 1. The van der Waals surface area contributed by atoms with Crippen LogP contribution in [0.1, 0.15) is 17.5 Å². The number of carbonyl (C=O) groups is 2. The van der Waals surface area contributed by atoms with Crippen molar-refractivity contribution in [1.82, 2.24) is 5.32 Å². The van der Waals surface area contributed by atoms with E-state index in [1.165, 1.54) is 36.4 Å². The molecule has 0 spiro atoms. The number of methoxy groups -OCH3 is 1. The number of fused-ring (bicyclic) bond motifs is 1. The number of benzene rings is 1. The molecule has 1 amide bonds. The Morgan fingerprint density at radius 2 is 2.14 bits per heavy atom. The zero-order valence-corrected chi connectivity index (χ0v) is 12.7. The van der Waals surface area contributed by atoms with Gasteiger partial charge >= 0.3 is 5.97 Å². The largest absolute Gasteiger partial charge is 0.480 e. The Morgan fingerprint density at radius 1 is 1.38 bits per heavy atom. The van der Waals surface area contributed by atoms with Gasteiger partial charge in [0.05, 0.1) is 12.4 Å². The van der Waals surface area contributed by atoms with Gasteiger partial charge < -0.3 is 15.2 Å². The van der Waals surface area contributed by atoms with Crippen LogP contribution in [-0.4, -0.2) is 42.5 Å². The first-order valence-corrected chi connectivity index (χ1v) is 7.84. The molecule has 2 N–H and O–H groups in total. The number of aliphatic carboxylic acids is 1. The van der Waals surface area contributed by atoms with Gasteiger partial charge in [-0.2, -0.15) is 0 Å². The maximum absolute atomic E-state index is 11.8. The minimum atomic E-state index is -1.09. The maximum Gasteiger partial charge on any atom is 0.328 e. The summed E-state index contributed by atoms with van der Waals surface area (Å²) in [5.74, 6) is -1.19. The lowest BCUT2D eigenvalue weighted by Crippen LogP contribution is -2.44. The molecule has 1 aromatic carbocycles. The summed E-state index contributed by atoms with van der Waals surface area (Å²) in [7, 11) is 1.40. The normalized spacial score (nSPS) is 14.5. The van der Waals surface area contributed by atoms with E-state index in [4.69, 9.17) is 9.84 Å². The number of amides is 1. The van der Waals surface area contributed by atoms with Crippen LogP contribution in [0, 0.1) is 0 Å². The van der Waals surface area contributed by atoms with Crippen molar-refractivity contribution in [3.63, 3.8) is 0 Å². The molecule has 0 saturated heterocycles. The SMILES string of the molecule is COCC(NC(=O)CSc1ccc2c(c1)CCC2)C(=O)O. The molecular weight excluding hydrogens is 290 g/mol. The highest BCUT2D eigenvalue weighted by molar-refractivity contribution is 8.00. The summed E-state index contributed by atoms with van der Waals surface area (Å²) in [6, 6.07) is 5.27. The van der Waals surface area contributed by atoms with Crippen molar-refractivity contribution in [3.8, 4) is 0 Å². The van der Waals surface area contributed by atoms with Gasteiger partial charge in [-0.05, 0) is 42.5 Å². The number of aryl methyl sites for hydroxylation is 2. The van der Waals surface area contributed by atoms with Gasteiger partial charge in [0.25, 0.3) is 0 Å². The van der Waals surface area contributed by atoms with Gasteiger partial charge in [0.1, 0.15) is 0 Å². The maximum atomic E-state index is 11.8. The highest BCUT2D eigenvalue weighted by Gasteiger charge is 2.19. The van der Waals surface area contributed by atoms with Crippen LogP contribution in [0.5, 0.6) is 0 Å². The summed E-state index contributed by atoms with van der Waals surface area (Å²) in [5, 5.41) is 11.4. The lowest BCUT2D eigenvalue weighted by molar-refractivity contribution is -0.142. The molecule has 21 heavy (non-hydrogen) atoms. The van der Waals surface area contributed by atoms with E-state index in [1.807, 2.05) is 6.07 Å². The van der Waals surface area contributed by atoms with Gasteiger partial charge in [0.15, 0.2) is 6.04 Å². The number of hydrogen-bond donors (Lipinski definition) is 2. The Balaban J connectivity index is 1.84. The molecule has 6 heteroatoms. The smallest absolute Gasteiger partial charge is 0.328 e. The molecule has 0 radical (unpaired) electrons.